The van der Waals surface area contributed by atoms with E-state index in [0.29, 0.717) is 0 Å². The van der Waals surface area contributed by atoms with Crippen LogP contribution in [0.5, 0.6) is 17.2 Å². The molecule has 1 aliphatic rings. The van der Waals surface area contributed by atoms with Gasteiger partial charge >= 0.3 is 11.9 Å². The Balaban J connectivity index is 2.22. The first kappa shape index (κ1) is 17.9. The lowest BCUT2D eigenvalue weighted by atomic mass is 10.0. The van der Waals surface area contributed by atoms with Crippen LogP contribution in [0.25, 0.3) is 11.1 Å². The van der Waals surface area contributed by atoms with Crippen molar-refractivity contribution >= 4 is 23.1 Å². The van der Waals surface area contributed by atoms with E-state index in [1.54, 1.807) is 0 Å². The number of hydrogen-bond donors (Lipinski definition) is 4. The fraction of sp³-hybridized carbons (Fsp3) is 0.0526. The van der Waals surface area contributed by atoms with E-state index in [1.807, 2.05) is 0 Å². The Morgan fingerprint density at radius 1 is 0.963 bits per heavy atom. The van der Waals surface area contributed by atoms with Crippen molar-refractivity contribution in [2.45, 2.75) is 0 Å². The van der Waals surface area contributed by atoms with Gasteiger partial charge < -0.3 is 29.9 Å². The number of ether oxygens (including phenoxy) is 2. The Morgan fingerprint density at radius 3 is 2.22 bits per heavy atom. The second-order valence-electron chi connectivity index (χ2n) is 5.56. The van der Waals surface area contributed by atoms with Gasteiger partial charge in [0.15, 0.2) is 23.0 Å². The summed E-state index contributed by atoms with van der Waals surface area (Å²) in [4.78, 5) is 24.5. The first-order chi connectivity index (χ1) is 12.8. The van der Waals surface area contributed by atoms with Gasteiger partial charge in [-0.2, -0.15) is 0 Å². The number of carbonyl (C=O) groups excluding carboxylic acids is 2. The zero-order valence-electron chi connectivity index (χ0n) is 14.0. The first-order valence-corrected chi connectivity index (χ1v) is 7.63. The lowest BCUT2D eigenvalue weighted by Crippen LogP contribution is -2.09. The quantitative estimate of drug-likeness (QED) is 0.367. The molecule has 0 unspecified atom stereocenters. The number of aliphatic hydroxyl groups excluding tert-OH is 1. The summed E-state index contributed by atoms with van der Waals surface area (Å²) in [6.07, 6.45) is 0. The maximum Gasteiger partial charge on any atom is 0.348 e. The number of esters is 2. The predicted molar refractivity (Wildman–Crippen MR) is 92.5 cm³/mol. The largest absolute Gasteiger partial charge is 0.508 e. The topological polar surface area (TPSA) is 134 Å². The van der Waals surface area contributed by atoms with Crippen LogP contribution in [0.2, 0.25) is 0 Å². The van der Waals surface area contributed by atoms with E-state index in [-0.39, 0.29) is 28.0 Å². The van der Waals surface area contributed by atoms with Gasteiger partial charge in [-0.05, 0) is 35.4 Å². The molecule has 4 N–H and O–H groups in total. The molecular weight excluding hydrogens is 356 g/mol. The van der Waals surface area contributed by atoms with E-state index in [2.05, 4.69) is 0 Å². The number of cyclic esters (lactones) is 1. The summed E-state index contributed by atoms with van der Waals surface area (Å²) in [5.41, 5.74) is -0.191. The van der Waals surface area contributed by atoms with E-state index in [9.17, 15) is 30.0 Å². The highest BCUT2D eigenvalue weighted by molar-refractivity contribution is 6.25. The molecule has 0 saturated carbocycles. The Morgan fingerprint density at radius 2 is 1.63 bits per heavy atom. The summed E-state index contributed by atoms with van der Waals surface area (Å²) in [6.45, 7) is 0. The van der Waals surface area contributed by atoms with Crippen molar-refractivity contribution in [3.63, 3.8) is 0 Å². The van der Waals surface area contributed by atoms with Crippen LogP contribution in [-0.4, -0.2) is 39.5 Å². The molecule has 138 valence electrons. The van der Waals surface area contributed by atoms with Gasteiger partial charge in [-0.3, -0.25) is 0 Å². The summed E-state index contributed by atoms with van der Waals surface area (Å²) < 4.78 is 9.78. The zero-order chi connectivity index (χ0) is 19.7. The third-order valence-corrected chi connectivity index (χ3v) is 3.89. The van der Waals surface area contributed by atoms with Gasteiger partial charge in [-0.1, -0.05) is 18.2 Å². The Bertz CT molecular complexity index is 999. The van der Waals surface area contributed by atoms with E-state index in [4.69, 9.17) is 9.47 Å². The van der Waals surface area contributed by atoms with Crippen LogP contribution in [-0.2, 0) is 19.1 Å². The fourth-order valence-electron chi connectivity index (χ4n) is 2.58. The molecule has 0 aliphatic carbocycles. The molecule has 8 nitrogen and oxygen atoms in total. The molecule has 27 heavy (non-hydrogen) atoms. The molecule has 0 aromatic heterocycles. The molecule has 2 aromatic rings. The molecule has 0 radical (unpaired) electrons. The molecule has 1 aliphatic heterocycles. The maximum atomic E-state index is 12.3. The van der Waals surface area contributed by atoms with Gasteiger partial charge in [-0.15, -0.1) is 0 Å². The van der Waals surface area contributed by atoms with Gasteiger partial charge in [0.2, 0.25) is 0 Å². The Labute approximate surface area is 152 Å². The second-order valence-corrected chi connectivity index (χ2v) is 5.56. The highest BCUT2D eigenvalue weighted by Crippen LogP contribution is 2.38. The van der Waals surface area contributed by atoms with Crippen molar-refractivity contribution in [1.29, 1.82) is 0 Å². The third-order valence-electron chi connectivity index (χ3n) is 3.89. The summed E-state index contributed by atoms with van der Waals surface area (Å²) >= 11 is 0. The smallest absolute Gasteiger partial charge is 0.348 e. The standard InChI is InChI=1S/C19H14O8/c1-26-18(24)15(10-4-7-12(21)13(22)8-10)17-16(23)14(19(25)27-17)9-2-5-11(20)6-3-9/h2-8,20-23H,1H3. The number of carbonyl (C=O) groups is 2. The molecule has 1 heterocycles. The maximum absolute atomic E-state index is 12.3. The van der Waals surface area contributed by atoms with Crippen LogP contribution in [0.3, 0.4) is 0 Å². The summed E-state index contributed by atoms with van der Waals surface area (Å²) in [5.74, 6) is -3.84. The summed E-state index contributed by atoms with van der Waals surface area (Å²) in [7, 11) is 1.10. The zero-order valence-corrected chi connectivity index (χ0v) is 14.0. The molecule has 0 bridgehead atoms. The van der Waals surface area contributed by atoms with Crippen molar-refractivity contribution in [3.8, 4) is 17.2 Å². The molecule has 0 spiro atoms. The van der Waals surface area contributed by atoms with Crippen LogP contribution >= 0.6 is 0 Å². The molecule has 0 fully saturated rings. The number of hydrogen-bond acceptors (Lipinski definition) is 8. The van der Waals surface area contributed by atoms with Crippen LogP contribution < -0.4 is 0 Å². The summed E-state index contributed by atoms with van der Waals surface area (Å²) in [6, 6.07) is 8.92. The molecule has 3 rings (SSSR count). The van der Waals surface area contributed by atoms with Gasteiger partial charge in [0, 0.05) is 0 Å². The molecule has 2 aromatic carbocycles. The predicted octanol–water partition coefficient (Wildman–Crippen LogP) is 2.21. The number of rotatable bonds is 3. The van der Waals surface area contributed by atoms with Gasteiger partial charge in [-0.25, -0.2) is 9.59 Å². The minimum Gasteiger partial charge on any atom is -0.508 e. The normalized spacial score (nSPS) is 15.5. The number of phenolic OH excluding ortho intramolecular Hbond substituents is 3. The molecule has 8 heteroatoms. The average molecular weight is 370 g/mol. The van der Waals surface area contributed by atoms with Gasteiger partial charge in [0.25, 0.3) is 0 Å². The van der Waals surface area contributed by atoms with Crippen molar-refractivity contribution in [1.82, 2.24) is 0 Å². The number of aliphatic hydroxyl groups is 1. The average Bonchev–Trinajstić information content (AvgIpc) is 2.93. The van der Waals surface area contributed by atoms with Gasteiger partial charge in [0.1, 0.15) is 16.9 Å². The van der Waals surface area contributed by atoms with Crippen LogP contribution in [0.15, 0.2) is 54.0 Å². The fourth-order valence-corrected chi connectivity index (χ4v) is 2.58. The Kier molecular flexibility index (Phi) is 4.47. The number of phenols is 3. The monoisotopic (exact) mass is 370 g/mol. The highest BCUT2D eigenvalue weighted by atomic mass is 16.6. The van der Waals surface area contributed by atoms with E-state index in [1.165, 1.54) is 30.3 Å². The lowest BCUT2D eigenvalue weighted by molar-refractivity contribution is -0.134. The van der Waals surface area contributed by atoms with Crippen LogP contribution in [0, 0.1) is 0 Å². The lowest BCUT2D eigenvalue weighted by Gasteiger charge is -2.10. The van der Waals surface area contributed by atoms with Crippen molar-refractivity contribution < 1.29 is 39.5 Å². The van der Waals surface area contributed by atoms with Crippen molar-refractivity contribution in [2.24, 2.45) is 0 Å². The van der Waals surface area contributed by atoms with Crippen molar-refractivity contribution in [2.75, 3.05) is 7.11 Å². The highest BCUT2D eigenvalue weighted by Gasteiger charge is 2.36. The summed E-state index contributed by atoms with van der Waals surface area (Å²) in [5, 5.41) is 39.0. The van der Waals surface area contributed by atoms with E-state index < -0.39 is 35.0 Å². The van der Waals surface area contributed by atoms with Crippen LogP contribution in [0.4, 0.5) is 0 Å². The van der Waals surface area contributed by atoms with E-state index in [0.717, 1.165) is 19.2 Å². The van der Waals surface area contributed by atoms with Crippen molar-refractivity contribution in [3.05, 3.63) is 65.1 Å². The van der Waals surface area contributed by atoms with Gasteiger partial charge in [0.05, 0.1) is 7.11 Å². The Hall–Kier alpha value is -3.94. The minimum atomic E-state index is -0.929. The molecule has 0 atom stereocenters. The number of methoxy groups -OCH3 is 1. The first-order valence-electron chi connectivity index (χ1n) is 7.63. The third kappa shape index (κ3) is 3.15. The number of aromatic hydroxyl groups is 3. The second kappa shape index (κ2) is 6.75. The van der Waals surface area contributed by atoms with Crippen LogP contribution in [0.1, 0.15) is 11.1 Å². The minimum absolute atomic E-state index is 0.0317. The molecule has 0 saturated heterocycles. The molecular formula is C19H14O8. The van der Waals surface area contributed by atoms with E-state index >= 15 is 0 Å². The number of benzene rings is 2. The molecule has 0 amide bonds. The SMILES string of the molecule is COC(=O)C(=C1OC(=O)C(c2ccc(O)cc2)=C1O)c1ccc(O)c(O)c1.